The Kier molecular flexibility index (Phi) is 4.15. The molecule has 1 amide bonds. The van der Waals surface area contributed by atoms with Gasteiger partial charge in [0, 0.05) is 6.07 Å². The zero-order valence-corrected chi connectivity index (χ0v) is 10.9. The number of non-ortho nitro benzene ring substituents is 1. The number of nitrogens with one attached hydrogen (secondary N) is 1. The normalized spacial score (nSPS) is 21.0. The molecule has 1 aliphatic carbocycles. The van der Waals surface area contributed by atoms with Crippen LogP contribution in [0.3, 0.4) is 0 Å². The van der Waals surface area contributed by atoms with E-state index in [9.17, 15) is 24.1 Å². The summed E-state index contributed by atoms with van der Waals surface area (Å²) in [5, 5.41) is 21.8. The molecule has 2 atom stereocenters. The number of anilines is 1. The van der Waals surface area contributed by atoms with Crippen molar-refractivity contribution < 1.29 is 24.0 Å². The number of halogens is 1. The number of amides is 1. The minimum Gasteiger partial charge on any atom is -0.481 e. The first-order chi connectivity index (χ1) is 9.90. The number of carbonyl (C=O) groups is 2. The molecular weight excluding hydrogens is 283 g/mol. The monoisotopic (exact) mass is 296 g/mol. The summed E-state index contributed by atoms with van der Waals surface area (Å²) in [6, 6.07) is 2.87. The van der Waals surface area contributed by atoms with Crippen molar-refractivity contribution in [3.05, 3.63) is 34.1 Å². The summed E-state index contributed by atoms with van der Waals surface area (Å²) in [5.41, 5.74) is -0.614. The fourth-order valence-corrected chi connectivity index (χ4v) is 2.51. The van der Waals surface area contributed by atoms with E-state index in [0.29, 0.717) is 25.3 Å². The van der Waals surface area contributed by atoms with Gasteiger partial charge in [0.2, 0.25) is 5.91 Å². The van der Waals surface area contributed by atoms with Crippen molar-refractivity contribution in [3.8, 4) is 0 Å². The van der Waals surface area contributed by atoms with Gasteiger partial charge in [0.15, 0.2) is 5.82 Å². The van der Waals surface area contributed by atoms with E-state index in [1.165, 1.54) is 0 Å². The largest absolute Gasteiger partial charge is 0.481 e. The second-order valence-corrected chi connectivity index (χ2v) is 4.89. The molecule has 0 aromatic heterocycles. The highest BCUT2D eigenvalue weighted by molar-refractivity contribution is 5.95. The van der Waals surface area contributed by atoms with Gasteiger partial charge < -0.3 is 10.4 Å². The molecule has 1 saturated carbocycles. The molecule has 0 heterocycles. The molecule has 0 aliphatic heterocycles. The molecule has 2 N–H and O–H groups in total. The van der Waals surface area contributed by atoms with Crippen LogP contribution in [0.2, 0.25) is 0 Å². The summed E-state index contributed by atoms with van der Waals surface area (Å²) >= 11 is 0. The molecule has 112 valence electrons. The summed E-state index contributed by atoms with van der Waals surface area (Å²) in [4.78, 5) is 32.8. The lowest BCUT2D eigenvalue weighted by Crippen LogP contribution is -2.30. The molecule has 1 aliphatic rings. The van der Waals surface area contributed by atoms with E-state index < -0.39 is 40.1 Å². The van der Waals surface area contributed by atoms with Gasteiger partial charge in [-0.2, -0.15) is 0 Å². The molecular formula is C13H13FN2O5. The van der Waals surface area contributed by atoms with Crippen molar-refractivity contribution in [2.75, 3.05) is 5.32 Å². The van der Waals surface area contributed by atoms with Crippen LogP contribution in [0.4, 0.5) is 15.8 Å². The standard InChI is InChI=1S/C13H13FN2O5/c14-10-6-7(16(20)21)4-5-11(10)15-12(17)8-2-1-3-9(8)13(18)19/h4-6,8-9H,1-3H2,(H,15,17)(H,18,19)/t8-,9+/m1/s1. The first-order valence-electron chi connectivity index (χ1n) is 6.37. The second kappa shape index (κ2) is 5.86. The maximum Gasteiger partial charge on any atom is 0.307 e. The highest BCUT2D eigenvalue weighted by Crippen LogP contribution is 2.33. The number of hydrogen-bond donors (Lipinski definition) is 2. The Hall–Kier alpha value is -2.51. The van der Waals surface area contributed by atoms with Crippen LogP contribution in [0.1, 0.15) is 19.3 Å². The minimum absolute atomic E-state index is 0.193. The van der Waals surface area contributed by atoms with Gasteiger partial charge in [0.1, 0.15) is 0 Å². The lowest BCUT2D eigenvalue weighted by atomic mass is 9.95. The molecule has 1 aromatic rings. The van der Waals surface area contributed by atoms with E-state index in [1.54, 1.807) is 0 Å². The Morgan fingerprint density at radius 3 is 2.57 bits per heavy atom. The molecule has 0 unspecified atom stereocenters. The van der Waals surface area contributed by atoms with Crippen LogP contribution in [0, 0.1) is 27.8 Å². The van der Waals surface area contributed by atoms with Crippen molar-refractivity contribution in [2.24, 2.45) is 11.8 Å². The fraction of sp³-hybridized carbons (Fsp3) is 0.385. The molecule has 1 aromatic carbocycles. The van der Waals surface area contributed by atoms with Gasteiger partial charge in [-0.15, -0.1) is 0 Å². The molecule has 1 fully saturated rings. The van der Waals surface area contributed by atoms with E-state index in [1.807, 2.05) is 0 Å². The molecule has 7 nitrogen and oxygen atoms in total. The number of carboxylic acid groups (broad SMARTS) is 1. The number of carbonyl (C=O) groups excluding carboxylic acids is 1. The summed E-state index contributed by atoms with van der Waals surface area (Å²) in [6.45, 7) is 0. The second-order valence-electron chi connectivity index (χ2n) is 4.89. The van der Waals surface area contributed by atoms with Crippen LogP contribution < -0.4 is 5.32 Å². The highest BCUT2D eigenvalue weighted by atomic mass is 19.1. The summed E-state index contributed by atoms with van der Waals surface area (Å²) in [5.74, 6) is -4.03. The van der Waals surface area contributed by atoms with Gasteiger partial charge in [0.05, 0.1) is 28.5 Å². The smallest absolute Gasteiger partial charge is 0.307 e. The number of benzene rings is 1. The van der Waals surface area contributed by atoms with Crippen LogP contribution in [-0.2, 0) is 9.59 Å². The van der Waals surface area contributed by atoms with Crippen LogP contribution in [0.15, 0.2) is 18.2 Å². The maximum absolute atomic E-state index is 13.7. The third-order valence-corrected chi connectivity index (χ3v) is 3.59. The van der Waals surface area contributed by atoms with Crippen LogP contribution in [-0.4, -0.2) is 21.9 Å². The van der Waals surface area contributed by atoms with Crippen molar-refractivity contribution >= 4 is 23.3 Å². The van der Waals surface area contributed by atoms with Gasteiger partial charge in [-0.05, 0) is 18.9 Å². The quantitative estimate of drug-likeness (QED) is 0.653. The number of aliphatic carboxylic acids is 1. The van der Waals surface area contributed by atoms with Crippen LogP contribution in [0.5, 0.6) is 0 Å². The summed E-state index contributed by atoms with van der Waals surface area (Å²) in [6.07, 6.45) is 1.46. The first-order valence-corrected chi connectivity index (χ1v) is 6.37. The number of nitrogens with zero attached hydrogens (tertiary/aromatic N) is 1. The van der Waals surface area contributed by atoms with Crippen LogP contribution in [0.25, 0.3) is 0 Å². The fourth-order valence-electron chi connectivity index (χ4n) is 2.51. The van der Waals surface area contributed by atoms with Crippen molar-refractivity contribution in [3.63, 3.8) is 0 Å². The average Bonchev–Trinajstić information content (AvgIpc) is 2.90. The van der Waals surface area contributed by atoms with Gasteiger partial charge >= 0.3 is 5.97 Å². The number of rotatable bonds is 4. The molecule has 2 rings (SSSR count). The molecule has 0 bridgehead atoms. The lowest BCUT2D eigenvalue weighted by molar-refractivity contribution is -0.385. The van der Waals surface area contributed by atoms with Gasteiger partial charge in [0.25, 0.3) is 5.69 Å². The minimum atomic E-state index is -1.04. The molecule has 8 heteroatoms. The third-order valence-electron chi connectivity index (χ3n) is 3.59. The van der Waals surface area contributed by atoms with Crippen LogP contribution >= 0.6 is 0 Å². The lowest BCUT2D eigenvalue weighted by Gasteiger charge is -2.15. The topological polar surface area (TPSA) is 110 Å². The molecule has 0 radical (unpaired) electrons. The summed E-state index contributed by atoms with van der Waals surface area (Å²) < 4.78 is 13.7. The zero-order valence-electron chi connectivity index (χ0n) is 10.9. The van der Waals surface area contributed by atoms with E-state index in [4.69, 9.17) is 5.11 Å². The summed E-state index contributed by atoms with van der Waals surface area (Å²) in [7, 11) is 0. The molecule has 0 saturated heterocycles. The van der Waals surface area contributed by atoms with E-state index in [-0.39, 0.29) is 5.69 Å². The van der Waals surface area contributed by atoms with Gasteiger partial charge in [-0.1, -0.05) is 6.42 Å². The Morgan fingerprint density at radius 1 is 1.33 bits per heavy atom. The zero-order chi connectivity index (χ0) is 15.6. The Morgan fingerprint density at radius 2 is 2.00 bits per heavy atom. The van der Waals surface area contributed by atoms with E-state index >= 15 is 0 Å². The van der Waals surface area contributed by atoms with Crippen molar-refractivity contribution in [2.45, 2.75) is 19.3 Å². The van der Waals surface area contributed by atoms with E-state index in [2.05, 4.69) is 5.32 Å². The maximum atomic E-state index is 13.7. The third kappa shape index (κ3) is 3.15. The van der Waals surface area contributed by atoms with E-state index in [0.717, 1.165) is 12.1 Å². The predicted molar refractivity (Wildman–Crippen MR) is 70.2 cm³/mol. The Labute approximate surface area is 118 Å². The first kappa shape index (κ1) is 14.9. The molecule has 0 spiro atoms. The number of nitro groups is 1. The van der Waals surface area contributed by atoms with Crippen molar-refractivity contribution in [1.82, 2.24) is 0 Å². The van der Waals surface area contributed by atoms with Crippen molar-refractivity contribution in [1.29, 1.82) is 0 Å². The number of carboxylic acids is 1. The van der Waals surface area contributed by atoms with Gasteiger partial charge in [-0.3, -0.25) is 19.7 Å². The highest BCUT2D eigenvalue weighted by Gasteiger charge is 2.37. The predicted octanol–water partition coefficient (Wildman–Crippen LogP) is 2.17. The molecule has 21 heavy (non-hydrogen) atoms. The number of nitro benzene ring substituents is 1. The Bertz CT molecular complexity index is 604. The number of hydrogen-bond acceptors (Lipinski definition) is 4. The van der Waals surface area contributed by atoms with Gasteiger partial charge in [-0.25, -0.2) is 4.39 Å². The average molecular weight is 296 g/mol. The Balaban J connectivity index is 2.13. The SMILES string of the molecule is O=C(O)[C@H]1CCC[C@H]1C(=O)Nc1ccc([N+](=O)[O-])cc1F.